The minimum absolute atomic E-state index is 0.196. The Bertz CT molecular complexity index is 856. The Morgan fingerprint density at radius 2 is 2.00 bits per heavy atom. The Labute approximate surface area is 167 Å². The van der Waals surface area contributed by atoms with Crippen LogP contribution in [0.1, 0.15) is 22.3 Å². The van der Waals surface area contributed by atoms with Gasteiger partial charge in [-0.05, 0) is 30.7 Å². The normalized spacial score (nSPS) is 10.2. The number of ether oxygens (including phenoxy) is 1. The van der Waals surface area contributed by atoms with Crippen LogP contribution in [-0.2, 0) is 4.79 Å². The van der Waals surface area contributed by atoms with Crippen molar-refractivity contribution in [1.29, 1.82) is 0 Å². The summed E-state index contributed by atoms with van der Waals surface area (Å²) < 4.78 is 5.35. The maximum absolute atomic E-state index is 12.1. The van der Waals surface area contributed by atoms with Gasteiger partial charge in [0.15, 0.2) is 6.61 Å². The number of nitrogens with one attached hydrogen (secondary N) is 2. The van der Waals surface area contributed by atoms with Gasteiger partial charge >= 0.3 is 0 Å². The van der Waals surface area contributed by atoms with Crippen molar-refractivity contribution in [2.45, 2.75) is 13.3 Å². The van der Waals surface area contributed by atoms with Crippen LogP contribution in [0.2, 0.25) is 10.0 Å². The van der Waals surface area contributed by atoms with Crippen molar-refractivity contribution < 1.29 is 14.3 Å². The molecule has 2 rings (SSSR count). The van der Waals surface area contributed by atoms with Gasteiger partial charge < -0.3 is 15.4 Å². The lowest BCUT2D eigenvalue weighted by atomic mass is 10.1. The number of halogens is 2. The standard InChI is InChI=1S/C19H19Cl2N3O3/c1-12-5-7-22-10-15(12)19(26)23-8-6-13(2)24-18(25)11-27-14-3-4-16(20)17(21)9-14/h3-5,7,9-10H,2,6,8,11H2,1H3,(H,23,26)(H,24,25). The van der Waals surface area contributed by atoms with Gasteiger partial charge in [0, 0.05) is 37.1 Å². The summed E-state index contributed by atoms with van der Waals surface area (Å²) >= 11 is 11.7. The molecule has 0 aliphatic heterocycles. The lowest BCUT2D eigenvalue weighted by Gasteiger charge is -2.11. The molecule has 0 spiro atoms. The van der Waals surface area contributed by atoms with Crippen LogP contribution < -0.4 is 15.4 Å². The highest BCUT2D eigenvalue weighted by molar-refractivity contribution is 6.42. The van der Waals surface area contributed by atoms with Gasteiger partial charge in [0.05, 0.1) is 15.6 Å². The average molecular weight is 408 g/mol. The van der Waals surface area contributed by atoms with E-state index in [2.05, 4.69) is 22.2 Å². The minimum Gasteiger partial charge on any atom is -0.484 e. The van der Waals surface area contributed by atoms with Crippen LogP contribution in [0.25, 0.3) is 0 Å². The van der Waals surface area contributed by atoms with Crippen LogP contribution in [-0.4, -0.2) is 29.9 Å². The zero-order chi connectivity index (χ0) is 19.8. The average Bonchev–Trinajstić information content (AvgIpc) is 2.63. The Morgan fingerprint density at radius 3 is 2.70 bits per heavy atom. The van der Waals surface area contributed by atoms with Crippen molar-refractivity contribution in [2.75, 3.05) is 13.2 Å². The Hall–Kier alpha value is -2.57. The summed E-state index contributed by atoms with van der Waals surface area (Å²) in [5, 5.41) is 6.14. The second-order valence-corrected chi connectivity index (χ2v) is 6.53. The summed E-state index contributed by atoms with van der Waals surface area (Å²) in [6, 6.07) is 6.50. The molecule has 6 nitrogen and oxygen atoms in total. The number of aryl methyl sites for hydroxylation is 1. The largest absolute Gasteiger partial charge is 0.484 e. The first-order chi connectivity index (χ1) is 12.9. The SMILES string of the molecule is C=C(CCNC(=O)c1cnccc1C)NC(=O)COc1ccc(Cl)c(Cl)c1. The molecule has 142 valence electrons. The Balaban J connectivity index is 1.70. The number of hydrogen-bond acceptors (Lipinski definition) is 4. The molecule has 0 saturated heterocycles. The molecule has 2 aromatic rings. The number of rotatable bonds is 8. The van der Waals surface area contributed by atoms with Gasteiger partial charge in [-0.2, -0.15) is 0 Å². The summed E-state index contributed by atoms with van der Waals surface area (Å²) in [5.41, 5.74) is 1.83. The highest BCUT2D eigenvalue weighted by Crippen LogP contribution is 2.26. The second-order valence-electron chi connectivity index (χ2n) is 5.71. The quantitative estimate of drug-likeness (QED) is 0.701. The molecule has 0 radical (unpaired) electrons. The molecule has 27 heavy (non-hydrogen) atoms. The van der Waals surface area contributed by atoms with E-state index in [4.69, 9.17) is 27.9 Å². The first-order valence-corrected chi connectivity index (χ1v) is 8.86. The molecule has 0 unspecified atom stereocenters. The first-order valence-electron chi connectivity index (χ1n) is 8.11. The molecule has 2 N–H and O–H groups in total. The van der Waals surface area contributed by atoms with Crippen LogP contribution in [0.5, 0.6) is 5.75 Å². The number of amides is 2. The molecule has 1 aromatic heterocycles. The lowest BCUT2D eigenvalue weighted by Crippen LogP contribution is -2.31. The van der Waals surface area contributed by atoms with Gasteiger partial charge in [-0.25, -0.2) is 0 Å². The highest BCUT2D eigenvalue weighted by Gasteiger charge is 2.09. The third-order valence-electron chi connectivity index (χ3n) is 3.57. The third-order valence-corrected chi connectivity index (χ3v) is 4.31. The number of hydrogen-bond donors (Lipinski definition) is 2. The molecule has 1 heterocycles. The van der Waals surface area contributed by atoms with Crippen LogP contribution in [0.15, 0.2) is 48.9 Å². The maximum Gasteiger partial charge on any atom is 0.262 e. The molecule has 0 bridgehead atoms. The minimum atomic E-state index is -0.361. The van der Waals surface area contributed by atoms with Crippen LogP contribution >= 0.6 is 23.2 Å². The van der Waals surface area contributed by atoms with Crippen LogP contribution in [0.3, 0.4) is 0 Å². The van der Waals surface area contributed by atoms with Gasteiger partial charge in [0.2, 0.25) is 0 Å². The van der Waals surface area contributed by atoms with Crippen molar-refractivity contribution in [2.24, 2.45) is 0 Å². The molecule has 0 atom stereocenters. The van der Waals surface area contributed by atoms with Crippen molar-refractivity contribution in [3.63, 3.8) is 0 Å². The van der Waals surface area contributed by atoms with E-state index in [0.717, 1.165) is 5.56 Å². The van der Waals surface area contributed by atoms with Gasteiger partial charge in [0.1, 0.15) is 5.75 Å². The number of carbonyl (C=O) groups is 2. The fourth-order valence-corrected chi connectivity index (χ4v) is 2.42. The maximum atomic E-state index is 12.1. The molecular weight excluding hydrogens is 389 g/mol. The van der Waals surface area contributed by atoms with E-state index in [-0.39, 0.29) is 18.4 Å². The second kappa shape index (κ2) is 9.94. The van der Waals surface area contributed by atoms with E-state index in [1.165, 1.54) is 12.3 Å². The molecule has 2 amide bonds. The summed E-state index contributed by atoms with van der Waals surface area (Å²) in [4.78, 5) is 27.9. The third kappa shape index (κ3) is 6.58. The monoisotopic (exact) mass is 407 g/mol. The van der Waals surface area contributed by atoms with E-state index in [1.807, 2.05) is 6.92 Å². The first kappa shape index (κ1) is 20.7. The number of carbonyl (C=O) groups excluding carboxylic acids is 2. The molecule has 8 heteroatoms. The molecule has 0 saturated carbocycles. The van der Waals surface area contributed by atoms with E-state index in [1.54, 1.807) is 24.4 Å². The van der Waals surface area contributed by atoms with E-state index in [0.29, 0.717) is 40.0 Å². The highest BCUT2D eigenvalue weighted by atomic mass is 35.5. The van der Waals surface area contributed by atoms with Gasteiger partial charge in [-0.15, -0.1) is 0 Å². The number of benzene rings is 1. The zero-order valence-electron chi connectivity index (χ0n) is 14.7. The number of nitrogens with zero attached hydrogens (tertiary/aromatic N) is 1. The zero-order valence-corrected chi connectivity index (χ0v) is 16.2. The molecule has 1 aromatic carbocycles. The number of aromatic nitrogens is 1. The van der Waals surface area contributed by atoms with Crippen LogP contribution in [0, 0.1) is 6.92 Å². The number of pyridine rings is 1. The van der Waals surface area contributed by atoms with E-state index in [9.17, 15) is 9.59 Å². The summed E-state index contributed by atoms with van der Waals surface area (Å²) in [6.07, 6.45) is 3.54. The molecule has 0 aliphatic carbocycles. The van der Waals surface area contributed by atoms with E-state index >= 15 is 0 Å². The van der Waals surface area contributed by atoms with Gasteiger partial charge in [0.25, 0.3) is 11.8 Å². The van der Waals surface area contributed by atoms with Crippen molar-refractivity contribution in [3.8, 4) is 5.75 Å². The Morgan fingerprint density at radius 1 is 1.22 bits per heavy atom. The lowest BCUT2D eigenvalue weighted by molar-refractivity contribution is -0.122. The van der Waals surface area contributed by atoms with Crippen molar-refractivity contribution in [1.82, 2.24) is 15.6 Å². The summed E-state index contributed by atoms with van der Waals surface area (Å²) in [5.74, 6) is -0.146. The predicted octanol–water partition coefficient (Wildman–Crippen LogP) is 3.53. The predicted molar refractivity (Wildman–Crippen MR) is 105 cm³/mol. The van der Waals surface area contributed by atoms with E-state index < -0.39 is 0 Å². The molecule has 0 fully saturated rings. The van der Waals surface area contributed by atoms with Gasteiger partial charge in [-0.1, -0.05) is 29.8 Å². The van der Waals surface area contributed by atoms with Crippen molar-refractivity contribution >= 4 is 35.0 Å². The summed E-state index contributed by atoms with van der Waals surface area (Å²) in [6.45, 7) is 5.75. The fraction of sp³-hybridized carbons (Fsp3) is 0.211. The van der Waals surface area contributed by atoms with Crippen molar-refractivity contribution in [3.05, 3.63) is 70.1 Å². The smallest absolute Gasteiger partial charge is 0.262 e. The molecule has 0 aliphatic rings. The fourth-order valence-electron chi connectivity index (χ4n) is 2.14. The topological polar surface area (TPSA) is 80.3 Å². The van der Waals surface area contributed by atoms with Gasteiger partial charge in [-0.3, -0.25) is 14.6 Å². The van der Waals surface area contributed by atoms with Crippen LogP contribution in [0.4, 0.5) is 0 Å². The Kier molecular flexibility index (Phi) is 7.64. The summed E-state index contributed by atoms with van der Waals surface area (Å²) in [7, 11) is 0. The molecular formula is C19H19Cl2N3O3.